The summed E-state index contributed by atoms with van der Waals surface area (Å²) in [7, 11) is 1.96. The fraction of sp³-hybridized carbons (Fsp3) is 1.00. The Bertz CT molecular complexity index is 90.1. The molecule has 13 heavy (non-hydrogen) atoms. The average Bonchev–Trinajstić information content (AvgIpc) is 2.16. The smallest absolute Gasteiger partial charge is 0.0555 e. The second kappa shape index (κ2) is 10.0. The molecule has 0 amide bonds. The molecule has 0 aliphatic heterocycles. The van der Waals surface area contributed by atoms with Crippen molar-refractivity contribution in [2.24, 2.45) is 5.92 Å². The van der Waals surface area contributed by atoms with Crippen LogP contribution in [0.3, 0.4) is 0 Å². The van der Waals surface area contributed by atoms with Gasteiger partial charge < -0.3 is 10.4 Å². The fourth-order valence-electron chi connectivity index (χ4n) is 1.68. The van der Waals surface area contributed by atoms with Crippen LogP contribution in [-0.4, -0.2) is 24.3 Å². The summed E-state index contributed by atoms with van der Waals surface area (Å²) < 4.78 is 0. The molecule has 2 heteroatoms. The van der Waals surface area contributed by atoms with Gasteiger partial charge in [-0.2, -0.15) is 0 Å². The van der Waals surface area contributed by atoms with Gasteiger partial charge in [0.25, 0.3) is 0 Å². The molecule has 3 atom stereocenters. The van der Waals surface area contributed by atoms with Crippen molar-refractivity contribution in [2.45, 2.75) is 59.6 Å². The maximum atomic E-state index is 9.40. The van der Waals surface area contributed by atoms with Crippen LogP contribution < -0.4 is 5.32 Å². The van der Waals surface area contributed by atoms with Crippen LogP contribution in [-0.2, 0) is 0 Å². The van der Waals surface area contributed by atoms with Crippen LogP contribution in [0.25, 0.3) is 0 Å². The number of rotatable bonds is 5. The maximum absolute atomic E-state index is 9.40. The first-order valence-electron chi connectivity index (χ1n) is 5.52. The Kier molecular flexibility index (Phi) is 11.8. The Balaban J connectivity index is 0. The minimum Gasteiger partial charge on any atom is -0.393 e. The molecule has 0 spiro atoms. The summed E-state index contributed by atoms with van der Waals surface area (Å²) >= 11 is 0. The predicted octanol–water partition coefficient (Wildman–Crippen LogP) is 2.42. The van der Waals surface area contributed by atoms with E-state index in [1.807, 2.05) is 27.8 Å². The van der Waals surface area contributed by atoms with Gasteiger partial charge >= 0.3 is 0 Å². The Morgan fingerprint density at radius 1 is 1.15 bits per heavy atom. The lowest BCUT2D eigenvalue weighted by atomic mass is 9.90. The molecule has 0 fully saturated rings. The summed E-state index contributed by atoms with van der Waals surface area (Å²) in [6.07, 6.45) is 1.93. The lowest BCUT2D eigenvalue weighted by Crippen LogP contribution is -2.38. The van der Waals surface area contributed by atoms with Gasteiger partial charge in [-0.3, -0.25) is 0 Å². The highest BCUT2D eigenvalue weighted by Gasteiger charge is 2.20. The van der Waals surface area contributed by atoms with Gasteiger partial charge in [0.15, 0.2) is 0 Å². The zero-order valence-corrected chi connectivity index (χ0v) is 10.1. The molecule has 0 radical (unpaired) electrons. The lowest BCUT2D eigenvalue weighted by Gasteiger charge is -2.27. The lowest BCUT2D eigenvalue weighted by molar-refractivity contribution is 0.0978. The molecule has 2 N–H and O–H groups in total. The van der Waals surface area contributed by atoms with E-state index in [1.54, 1.807) is 0 Å². The van der Waals surface area contributed by atoms with Gasteiger partial charge in [-0.25, -0.2) is 0 Å². The van der Waals surface area contributed by atoms with E-state index in [0.717, 1.165) is 12.8 Å². The quantitative estimate of drug-likeness (QED) is 0.696. The molecule has 0 aliphatic carbocycles. The van der Waals surface area contributed by atoms with Gasteiger partial charge in [-0.15, -0.1) is 0 Å². The molecule has 0 saturated heterocycles. The summed E-state index contributed by atoms with van der Waals surface area (Å²) in [5.74, 6) is 0.394. The minimum absolute atomic E-state index is 0.197. The minimum atomic E-state index is -0.197. The summed E-state index contributed by atoms with van der Waals surface area (Å²) in [5, 5.41) is 12.6. The SMILES string of the molecule is CC.CC[C@@H]([C@H](C)O)[C@H](CC)NC. The molecule has 0 bridgehead atoms. The Labute approximate surface area is 83.7 Å². The van der Waals surface area contributed by atoms with Crippen molar-refractivity contribution >= 4 is 0 Å². The van der Waals surface area contributed by atoms with Crippen LogP contribution >= 0.6 is 0 Å². The van der Waals surface area contributed by atoms with E-state index in [0.29, 0.717) is 12.0 Å². The van der Waals surface area contributed by atoms with Crippen molar-refractivity contribution in [2.75, 3.05) is 7.05 Å². The molecule has 0 unspecified atom stereocenters. The average molecular weight is 189 g/mol. The first kappa shape index (κ1) is 15.4. The first-order valence-corrected chi connectivity index (χ1v) is 5.52. The maximum Gasteiger partial charge on any atom is 0.0555 e. The van der Waals surface area contributed by atoms with E-state index >= 15 is 0 Å². The molecule has 0 rings (SSSR count). The first-order chi connectivity index (χ1) is 6.17. The van der Waals surface area contributed by atoms with Crippen molar-refractivity contribution in [3.05, 3.63) is 0 Å². The number of aliphatic hydroxyl groups excluding tert-OH is 1. The molecular weight excluding hydrogens is 162 g/mol. The summed E-state index contributed by atoms with van der Waals surface area (Å²) in [5.41, 5.74) is 0. The number of hydrogen-bond donors (Lipinski definition) is 2. The van der Waals surface area contributed by atoms with Crippen molar-refractivity contribution in [1.82, 2.24) is 5.32 Å². The third-order valence-electron chi connectivity index (χ3n) is 2.42. The second-order valence-electron chi connectivity index (χ2n) is 3.12. The third kappa shape index (κ3) is 6.05. The van der Waals surface area contributed by atoms with Gasteiger partial charge in [-0.1, -0.05) is 27.7 Å². The highest BCUT2D eigenvalue weighted by molar-refractivity contribution is 4.76. The van der Waals surface area contributed by atoms with Crippen LogP contribution in [0.2, 0.25) is 0 Å². The molecule has 0 aromatic heterocycles. The normalized spacial score (nSPS) is 16.8. The molecule has 0 heterocycles. The monoisotopic (exact) mass is 189 g/mol. The summed E-state index contributed by atoms with van der Waals surface area (Å²) in [6, 6.07) is 0.458. The zero-order valence-electron chi connectivity index (χ0n) is 10.1. The molecule has 0 aliphatic rings. The molecule has 0 aromatic rings. The molecule has 0 saturated carbocycles. The van der Waals surface area contributed by atoms with E-state index in [4.69, 9.17) is 0 Å². The van der Waals surface area contributed by atoms with Crippen LogP contribution in [0.4, 0.5) is 0 Å². The van der Waals surface area contributed by atoms with E-state index in [2.05, 4.69) is 19.2 Å². The van der Waals surface area contributed by atoms with Gasteiger partial charge in [0, 0.05) is 6.04 Å². The van der Waals surface area contributed by atoms with Crippen LogP contribution in [0.5, 0.6) is 0 Å². The Morgan fingerprint density at radius 2 is 1.62 bits per heavy atom. The fourth-order valence-corrected chi connectivity index (χ4v) is 1.68. The van der Waals surface area contributed by atoms with Crippen LogP contribution in [0.15, 0.2) is 0 Å². The van der Waals surface area contributed by atoms with Gasteiger partial charge in [-0.05, 0) is 32.7 Å². The summed E-state index contributed by atoms with van der Waals surface area (Å²) in [6.45, 7) is 10.1. The highest BCUT2D eigenvalue weighted by Crippen LogP contribution is 2.15. The standard InChI is InChI=1S/C9H21NO.C2H6/c1-5-8(7(3)11)9(6-2)10-4;1-2/h7-11H,5-6H2,1-4H3;1-2H3/t7-,8-,9-;/m0./s1. The third-order valence-corrected chi connectivity index (χ3v) is 2.42. The van der Waals surface area contributed by atoms with Gasteiger partial charge in [0.2, 0.25) is 0 Å². The molecule has 0 aromatic carbocycles. The van der Waals surface area contributed by atoms with Crippen molar-refractivity contribution in [1.29, 1.82) is 0 Å². The van der Waals surface area contributed by atoms with Crippen molar-refractivity contribution in [3.8, 4) is 0 Å². The Hall–Kier alpha value is -0.0800. The highest BCUT2D eigenvalue weighted by atomic mass is 16.3. The molecule has 2 nitrogen and oxygen atoms in total. The number of nitrogens with one attached hydrogen (secondary N) is 1. The largest absolute Gasteiger partial charge is 0.393 e. The topological polar surface area (TPSA) is 32.3 Å². The molecule has 82 valence electrons. The molecular formula is C11H27NO. The second-order valence-corrected chi connectivity index (χ2v) is 3.12. The van der Waals surface area contributed by atoms with Crippen LogP contribution in [0, 0.1) is 5.92 Å². The predicted molar refractivity (Wildman–Crippen MR) is 59.9 cm³/mol. The van der Waals surface area contributed by atoms with Crippen molar-refractivity contribution in [3.63, 3.8) is 0 Å². The number of aliphatic hydroxyl groups is 1. The Morgan fingerprint density at radius 3 is 1.69 bits per heavy atom. The van der Waals surface area contributed by atoms with E-state index in [1.165, 1.54) is 0 Å². The van der Waals surface area contributed by atoms with Crippen molar-refractivity contribution < 1.29 is 5.11 Å². The van der Waals surface area contributed by atoms with Gasteiger partial charge in [0.05, 0.1) is 6.10 Å². The zero-order chi connectivity index (χ0) is 10.9. The van der Waals surface area contributed by atoms with Crippen LogP contribution in [0.1, 0.15) is 47.5 Å². The van der Waals surface area contributed by atoms with Gasteiger partial charge in [0.1, 0.15) is 0 Å². The van der Waals surface area contributed by atoms with E-state index < -0.39 is 0 Å². The van der Waals surface area contributed by atoms with E-state index in [-0.39, 0.29) is 6.10 Å². The number of hydrogen-bond acceptors (Lipinski definition) is 2. The van der Waals surface area contributed by atoms with E-state index in [9.17, 15) is 5.11 Å². The summed E-state index contributed by atoms with van der Waals surface area (Å²) in [4.78, 5) is 0.